The molecule has 0 saturated heterocycles. The zero-order chi connectivity index (χ0) is 11.0. The van der Waals surface area contributed by atoms with Crippen LogP contribution in [0, 0.1) is 6.92 Å². The molecule has 15 heavy (non-hydrogen) atoms. The Kier molecular flexibility index (Phi) is 2.65. The molecule has 78 valence electrons. The predicted molar refractivity (Wildman–Crippen MR) is 66.4 cm³/mol. The largest absolute Gasteiger partial charge is 0.322 e. The van der Waals surface area contributed by atoms with Gasteiger partial charge in [-0.15, -0.1) is 0 Å². The molecular weight excluding hydrogens is 254 g/mol. The molecule has 0 aliphatic heterocycles. The van der Waals surface area contributed by atoms with Gasteiger partial charge in [-0.1, -0.05) is 28.9 Å². The molecule has 2 rings (SSSR count). The van der Waals surface area contributed by atoms with Gasteiger partial charge in [0.05, 0.1) is 0 Å². The molecule has 3 heteroatoms. The molecule has 0 saturated carbocycles. The van der Waals surface area contributed by atoms with Gasteiger partial charge in [0.1, 0.15) is 0 Å². The lowest BCUT2D eigenvalue weighted by Gasteiger charge is -2.06. The second-order valence-corrected chi connectivity index (χ2v) is 4.52. The average molecular weight is 266 g/mol. The Balaban J connectivity index is 2.91. The van der Waals surface area contributed by atoms with Crippen molar-refractivity contribution in [3.8, 4) is 0 Å². The number of hydrogen-bond acceptors (Lipinski definition) is 1. The molecule has 0 atom stereocenters. The lowest BCUT2D eigenvalue weighted by atomic mass is 10.0. The number of hydrogen-bond donors (Lipinski definition) is 1. The summed E-state index contributed by atoms with van der Waals surface area (Å²) in [7, 11) is 0. The number of aromatic amines is 1. The summed E-state index contributed by atoms with van der Waals surface area (Å²) in [6.45, 7) is 4.01. The first kappa shape index (κ1) is 10.4. The fraction of sp³-hybridized carbons (Fsp3) is 0.250. The molecular formula is C12H12BrNO. The number of aryl methyl sites for hydroxylation is 1. The third kappa shape index (κ3) is 1.72. The highest BCUT2D eigenvalue weighted by Crippen LogP contribution is 2.21. The van der Waals surface area contributed by atoms with Crippen molar-refractivity contribution in [2.45, 2.75) is 20.3 Å². The fourth-order valence-corrected chi connectivity index (χ4v) is 2.26. The minimum absolute atomic E-state index is 0.0283. The van der Waals surface area contributed by atoms with Crippen LogP contribution in [0.5, 0.6) is 0 Å². The Hall–Kier alpha value is -1.09. The highest BCUT2D eigenvalue weighted by atomic mass is 79.9. The molecule has 1 aromatic carbocycles. The van der Waals surface area contributed by atoms with E-state index in [2.05, 4.69) is 20.9 Å². The summed E-state index contributed by atoms with van der Waals surface area (Å²) in [5.41, 5.74) is 2.89. The van der Waals surface area contributed by atoms with Crippen LogP contribution in [0.25, 0.3) is 10.9 Å². The number of nitrogens with one attached hydrogen (secondary N) is 1. The Morgan fingerprint density at radius 1 is 1.40 bits per heavy atom. The second-order valence-electron chi connectivity index (χ2n) is 3.60. The zero-order valence-corrected chi connectivity index (χ0v) is 10.3. The van der Waals surface area contributed by atoms with Crippen LogP contribution < -0.4 is 5.56 Å². The molecule has 2 aromatic rings. The summed E-state index contributed by atoms with van der Waals surface area (Å²) >= 11 is 3.40. The number of pyridine rings is 1. The maximum Gasteiger partial charge on any atom is 0.251 e. The van der Waals surface area contributed by atoms with E-state index in [9.17, 15) is 4.79 Å². The average Bonchev–Trinajstić information content (AvgIpc) is 2.17. The Bertz CT molecular complexity index is 572. The minimum atomic E-state index is 0.0283. The Morgan fingerprint density at radius 3 is 2.80 bits per heavy atom. The lowest BCUT2D eigenvalue weighted by Crippen LogP contribution is -2.13. The monoisotopic (exact) mass is 265 g/mol. The standard InChI is InChI=1S/C12H12BrNO/c1-3-9-7(2)10-5-4-8(13)6-11(10)14-12(9)15/h4-6H,3H2,1-2H3,(H,14,15). The maximum absolute atomic E-state index is 11.7. The molecule has 2 nitrogen and oxygen atoms in total. The second kappa shape index (κ2) is 3.81. The summed E-state index contributed by atoms with van der Waals surface area (Å²) in [5, 5.41) is 1.12. The van der Waals surface area contributed by atoms with Crippen LogP contribution in [-0.2, 0) is 6.42 Å². The zero-order valence-electron chi connectivity index (χ0n) is 8.73. The van der Waals surface area contributed by atoms with Crippen molar-refractivity contribution >= 4 is 26.8 Å². The van der Waals surface area contributed by atoms with E-state index < -0.39 is 0 Å². The highest BCUT2D eigenvalue weighted by Gasteiger charge is 2.06. The number of benzene rings is 1. The van der Waals surface area contributed by atoms with E-state index in [4.69, 9.17) is 0 Å². The third-order valence-corrected chi connectivity index (χ3v) is 3.21. The summed E-state index contributed by atoms with van der Waals surface area (Å²) in [6, 6.07) is 5.96. The molecule has 0 amide bonds. The number of halogens is 1. The van der Waals surface area contributed by atoms with Gasteiger partial charge in [-0.2, -0.15) is 0 Å². The van der Waals surface area contributed by atoms with Crippen LogP contribution in [0.15, 0.2) is 27.5 Å². The normalized spacial score (nSPS) is 10.9. The quantitative estimate of drug-likeness (QED) is 0.844. The van der Waals surface area contributed by atoms with E-state index in [0.717, 1.165) is 32.9 Å². The molecule has 0 aliphatic rings. The van der Waals surface area contributed by atoms with E-state index in [1.165, 1.54) is 0 Å². The van der Waals surface area contributed by atoms with E-state index in [1.807, 2.05) is 32.0 Å². The summed E-state index contributed by atoms with van der Waals surface area (Å²) in [5.74, 6) is 0. The van der Waals surface area contributed by atoms with Crippen molar-refractivity contribution in [3.63, 3.8) is 0 Å². The predicted octanol–water partition coefficient (Wildman–Crippen LogP) is 3.16. The molecule has 0 bridgehead atoms. The van der Waals surface area contributed by atoms with Crippen LogP contribution >= 0.6 is 15.9 Å². The Labute approximate surface area is 96.5 Å². The van der Waals surface area contributed by atoms with E-state index in [1.54, 1.807) is 0 Å². The van der Waals surface area contributed by atoms with Gasteiger partial charge in [-0.05, 0) is 31.0 Å². The number of H-pyrrole nitrogens is 1. The SMILES string of the molecule is CCc1c(C)c2ccc(Br)cc2[nH]c1=O. The number of rotatable bonds is 1. The summed E-state index contributed by atoms with van der Waals surface area (Å²) in [4.78, 5) is 14.6. The molecule has 0 spiro atoms. The van der Waals surface area contributed by atoms with Crippen molar-refractivity contribution in [2.24, 2.45) is 0 Å². The first-order valence-corrected chi connectivity index (χ1v) is 5.73. The first-order chi connectivity index (χ1) is 7.13. The van der Waals surface area contributed by atoms with Gasteiger partial charge in [-0.3, -0.25) is 4.79 Å². The smallest absolute Gasteiger partial charge is 0.251 e. The Morgan fingerprint density at radius 2 is 2.13 bits per heavy atom. The van der Waals surface area contributed by atoms with Crippen molar-refractivity contribution in [1.82, 2.24) is 4.98 Å². The van der Waals surface area contributed by atoms with Gasteiger partial charge in [0.2, 0.25) is 0 Å². The van der Waals surface area contributed by atoms with Crippen molar-refractivity contribution in [1.29, 1.82) is 0 Å². The van der Waals surface area contributed by atoms with Gasteiger partial charge < -0.3 is 4.98 Å². The van der Waals surface area contributed by atoms with Gasteiger partial charge in [0.25, 0.3) is 5.56 Å². The van der Waals surface area contributed by atoms with E-state index in [-0.39, 0.29) is 5.56 Å². The van der Waals surface area contributed by atoms with Crippen molar-refractivity contribution in [3.05, 3.63) is 44.2 Å². The van der Waals surface area contributed by atoms with Gasteiger partial charge in [0, 0.05) is 20.9 Å². The van der Waals surface area contributed by atoms with Crippen LogP contribution in [0.3, 0.4) is 0 Å². The van der Waals surface area contributed by atoms with E-state index >= 15 is 0 Å². The summed E-state index contributed by atoms with van der Waals surface area (Å²) in [6.07, 6.45) is 0.771. The fourth-order valence-electron chi connectivity index (χ4n) is 1.90. The molecule has 0 unspecified atom stereocenters. The third-order valence-electron chi connectivity index (χ3n) is 2.71. The highest BCUT2D eigenvalue weighted by molar-refractivity contribution is 9.10. The first-order valence-electron chi connectivity index (χ1n) is 4.94. The van der Waals surface area contributed by atoms with Crippen LogP contribution in [0.1, 0.15) is 18.1 Å². The maximum atomic E-state index is 11.7. The molecule has 1 heterocycles. The minimum Gasteiger partial charge on any atom is -0.322 e. The number of fused-ring (bicyclic) bond motifs is 1. The molecule has 0 radical (unpaired) electrons. The summed E-state index contributed by atoms with van der Waals surface area (Å²) < 4.78 is 0.981. The molecule has 0 fully saturated rings. The molecule has 1 aromatic heterocycles. The number of aromatic nitrogens is 1. The lowest BCUT2D eigenvalue weighted by molar-refractivity contribution is 1.06. The van der Waals surface area contributed by atoms with Crippen molar-refractivity contribution in [2.75, 3.05) is 0 Å². The van der Waals surface area contributed by atoms with Gasteiger partial charge in [0.15, 0.2) is 0 Å². The van der Waals surface area contributed by atoms with Crippen LogP contribution in [-0.4, -0.2) is 4.98 Å². The van der Waals surface area contributed by atoms with E-state index in [0.29, 0.717) is 0 Å². The van der Waals surface area contributed by atoms with Gasteiger partial charge >= 0.3 is 0 Å². The molecule has 1 N–H and O–H groups in total. The van der Waals surface area contributed by atoms with Gasteiger partial charge in [-0.25, -0.2) is 0 Å². The van der Waals surface area contributed by atoms with Crippen molar-refractivity contribution < 1.29 is 0 Å². The topological polar surface area (TPSA) is 32.9 Å². The van der Waals surface area contributed by atoms with Crippen LogP contribution in [0.4, 0.5) is 0 Å². The molecule has 0 aliphatic carbocycles. The van der Waals surface area contributed by atoms with Crippen LogP contribution in [0.2, 0.25) is 0 Å².